The molecule has 0 radical (unpaired) electrons. The standard InChI is InChI=1S/C22H17N5O4S3/c28-19(12-32-21-7-3-4-10-23-21)24-14-8-9-16-18(11-14)34-22(26-16)33-13-20(29)25-15-5-1-2-6-17(15)27(30)31/h1-11H,12-13H2,(H,24,28)(H,25,29). The summed E-state index contributed by atoms with van der Waals surface area (Å²) in [7, 11) is 0. The van der Waals surface area contributed by atoms with Gasteiger partial charge < -0.3 is 10.6 Å². The molecule has 12 heteroatoms. The van der Waals surface area contributed by atoms with Gasteiger partial charge in [-0.3, -0.25) is 19.7 Å². The summed E-state index contributed by atoms with van der Waals surface area (Å²) in [5, 5.41) is 17.3. The van der Waals surface area contributed by atoms with E-state index in [9.17, 15) is 19.7 Å². The van der Waals surface area contributed by atoms with Crippen LogP contribution in [0.15, 0.2) is 76.2 Å². The fourth-order valence-corrected chi connectivity index (χ4v) is 5.43. The van der Waals surface area contributed by atoms with Gasteiger partial charge in [-0.2, -0.15) is 0 Å². The van der Waals surface area contributed by atoms with Crippen LogP contribution in [0.5, 0.6) is 0 Å². The molecule has 4 aromatic rings. The zero-order valence-corrected chi connectivity index (χ0v) is 19.9. The molecule has 9 nitrogen and oxygen atoms in total. The van der Waals surface area contributed by atoms with Crippen molar-refractivity contribution in [2.75, 3.05) is 22.1 Å². The van der Waals surface area contributed by atoms with E-state index in [0.717, 1.165) is 15.2 Å². The number of benzene rings is 2. The number of thioether (sulfide) groups is 2. The van der Waals surface area contributed by atoms with Crippen LogP contribution >= 0.6 is 34.9 Å². The highest BCUT2D eigenvalue weighted by atomic mass is 32.2. The normalized spacial score (nSPS) is 10.7. The largest absolute Gasteiger partial charge is 0.325 e. The van der Waals surface area contributed by atoms with Crippen molar-refractivity contribution in [3.63, 3.8) is 0 Å². The van der Waals surface area contributed by atoms with Gasteiger partial charge in [0.05, 0.1) is 31.7 Å². The minimum absolute atomic E-state index is 0.0558. The van der Waals surface area contributed by atoms with Gasteiger partial charge >= 0.3 is 0 Å². The number of nitro benzene ring substituents is 1. The van der Waals surface area contributed by atoms with Crippen LogP contribution < -0.4 is 10.6 Å². The SMILES string of the molecule is O=C(CSc1ccccn1)Nc1ccc2nc(SCC(=O)Nc3ccccc3[N+](=O)[O-])sc2c1. The molecule has 0 aliphatic rings. The topological polar surface area (TPSA) is 127 Å². The highest BCUT2D eigenvalue weighted by Gasteiger charge is 2.15. The number of aromatic nitrogens is 2. The van der Waals surface area contributed by atoms with Crippen molar-refractivity contribution in [3.8, 4) is 0 Å². The maximum Gasteiger partial charge on any atom is 0.292 e. The molecule has 2 amide bonds. The summed E-state index contributed by atoms with van der Waals surface area (Å²) in [6.45, 7) is 0. The summed E-state index contributed by atoms with van der Waals surface area (Å²) >= 11 is 4.00. The van der Waals surface area contributed by atoms with E-state index in [1.807, 2.05) is 30.3 Å². The lowest BCUT2D eigenvalue weighted by Gasteiger charge is -2.04. The number of nitrogens with zero attached hydrogens (tertiary/aromatic N) is 3. The molecule has 172 valence electrons. The van der Waals surface area contributed by atoms with Crippen LogP contribution in [0, 0.1) is 10.1 Å². The average Bonchev–Trinajstić information content (AvgIpc) is 3.24. The number of anilines is 2. The second-order valence-electron chi connectivity index (χ2n) is 6.78. The number of nitro groups is 1. The van der Waals surface area contributed by atoms with Gasteiger partial charge in [0, 0.05) is 18.0 Å². The van der Waals surface area contributed by atoms with Crippen molar-refractivity contribution < 1.29 is 14.5 Å². The first kappa shape index (κ1) is 23.7. The number of pyridine rings is 1. The molecule has 0 atom stereocenters. The highest BCUT2D eigenvalue weighted by molar-refractivity contribution is 8.01. The van der Waals surface area contributed by atoms with E-state index in [4.69, 9.17) is 0 Å². The first-order valence-corrected chi connectivity index (χ1v) is 12.7. The van der Waals surface area contributed by atoms with Gasteiger partial charge in [-0.15, -0.1) is 11.3 Å². The molecule has 4 rings (SSSR count). The van der Waals surface area contributed by atoms with Gasteiger partial charge in [-0.05, 0) is 36.4 Å². The van der Waals surface area contributed by atoms with Crippen molar-refractivity contribution in [1.82, 2.24) is 9.97 Å². The van der Waals surface area contributed by atoms with Crippen LogP contribution in [-0.4, -0.2) is 38.2 Å². The van der Waals surface area contributed by atoms with E-state index in [2.05, 4.69) is 20.6 Å². The zero-order chi connectivity index (χ0) is 23.9. The summed E-state index contributed by atoms with van der Waals surface area (Å²) in [5.41, 5.74) is 1.42. The van der Waals surface area contributed by atoms with Gasteiger partial charge in [-0.1, -0.05) is 41.7 Å². The number of para-hydroxylation sites is 2. The molecular formula is C22H17N5O4S3. The maximum absolute atomic E-state index is 12.3. The quantitative estimate of drug-likeness (QED) is 0.181. The van der Waals surface area contributed by atoms with Crippen molar-refractivity contribution in [1.29, 1.82) is 0 Å². The van der Waals surface area contributed by atoms with E-state index >= 15 is 0 Å². The maximum atomic E-state index is 12.3. The Balaban J connectivity index is 1.32. The van der Waals surface area contributed by atoms with Crippen LogP contribution in [0.1, 0.15) is 0 Å². The minimum Gasteiger partial charge on any atom is -0.325 e. The molecule has 0 bridgehead atoms. The second kappa shape index (κ2) is 11.1. The van der Waals surface area contributed by atoms with Crippen LogP contribution in [0.25, 0.3) is 10.2 Å². The van der Waals surface area contributed by atoms with Gasteiger partial charge in [0.25, 0.3) is 5.69 Å². The fourth-order valence-electron chi connectivity index (χ4n) is 2.86. The van der Waals surface area contributed by atoms with Crippen molar-refractivity contribution in [2.45, 2.75) is 9.37 Å². The molecule has 0 spiro atoms. The molecule has 2 aromatic carbocycles. The fraction of sp³-hybridized carbons (Fsp3) is 0.0909. The van der Waals surface area contributed by atoms with Crippen LogP contribution in [0.3, 0.4) is 0 Å². The Morgan fingerprint density at radius 1 is 0.971 bits per heavy atom. The Kier molecular flexibility index (Phi) is 7.72. The third-order valence-electron chi connectivity index (χ3n) is 4.34. The molecule has 0 saturated carbocycles. The van der Waals surface area contributed by atoms with Gasteiger partial charge in [-0.25, -0.2) is 9.97 Å². The molecular weight excluding hydrogens is 494 g/mol. The Morgan fingerprint density at radius 3 is 2.53 bits per heavy atom. The van der Waals surface area contributed by atoms with Crippen LogP contribution in [0.4, 0.5) is 17.1 Å². The van der Waals surface area contributed by atoms with Gasteiger partial charge in [0.1, 0.15) is 5.69 Å². The lowest BCUT2D eigenvalue weighted by atomic mass is 10.2. The first-order valence-electron chi connectivity index (χ1n) is 9.88. The molecule has 0 aliphatic heterocycles. The molecule has 34 heavy (non-hydrogen) atoms. The number of fused-ring (bicyclic) bond motifs is 1. The number of amides is 2. The monoisotopic (exact) mass is 511 g/mol. The summed E-state index contributed by atoms with van der Waals surface area (Å²) in [5.74, 6) is -0.203. The number of hydrogen-bond acceptors (Lipinski definition) is 9. The Morgan fingerprint density at radius 2 is 1.74 bits per heavy atom. The summed E-state index contributed by atoms with van der Waals surface area (Å²) < 4.78 is 1.55. The van der Waals surface area contributed by atoms with Crippen molar-refractivity contribution >= 4 is 74.0 Å². The number of carbonyl (C=O) groups excluding carboxylic acids is 2. The summed E-state index contributed by atoms with van der Waals surface area (Å²) in [6, 6.07) is 17.0. The number of carbonyl (C=O) groups is 2. The molecule has 2 N–H and O–H groups in total. The number of thiazole rings is 1. The lowest BCUT2D eigenvalue weighted by Crippen LogP contribution is -2.15. The zero-order valence-electron chi connectivity index (χ0n) is 17.5. The lowest BCUT2D eigenvalue weighted by molar-refractivity contribution is -0.383. The van der Waals surface area contributed by atoms with E-state index in [0.29, 0.717) is 10.0 Å². The number of rotatable bonds is 9. The van der Waals surface area contributed by atoms with Crippen molar-refractivity contribution in [3.05, 3.63) is 77.0 Å². The van der Waals surface area contributed by atoms with Gasteiger partial charge in [0.15, 0.2) is 4.34 Å². The van der Waals surface area contributed by atoms with E-state index < -0.39 is 4.92 Å². The first-order chi connectivity index (χ1) is 16.5. The third kappa shape index (κ3) is 6.31. The summed E-state index contributed by atoms with van der Waals surface area (Å²) in [6.07, 6.45) is 1.68. The Bertz CT molecular complexity index is 1350. The molecule has 0 unspecified atom stereocenters. The smallest absolute Gasteiger partial charge is 0.292 e. The molecule has 0 saturated heterocycles. The molecule has 2 aromatic heterocycles. The van der Waals surface area contributed by atoms with Crippen molar-refractivity contribution in [2.24, 2.45) is 0 Å². The van der Waals surface area contributed by atoms with Crippen LogP contribution in [0.2, 0.25) is 0 Å². The number of nitrogens with one attached hydrogen (secondary N) is 2. The minimum atomic E-state index is -0.538. The average molecular weight is 512 g/mol. The Labute approximate surface area is 206 Å². The Hall–Kier alpha value is -3.48. The van der Waals surface area contributed by atoms with Crippen LogP contribution in [-0.2, 0) is 9.59 Å². The highest BCUT2D eigenvalue weighted by Crippen LogP contribution is 2.32. The second-order valence-corrected chi connectivity index (χ2v) is 10.0. The molecule has 2 heterocycles. The third-order valence-corrected chi connectivity index (χ3v) is 7.45. The molecule has 0 fully saturated rings. The number of hydrogen-bond donors (Lipinski definition) is 2. The summed E-state index contributed by atoms with van der Waals surface area (Å²) in [4.78, 5) is 43.8. The predicted molar refractivity (Wildman–Crippen MR) is 136 cm³/mol. The predicted octanol–water partition coefficient (Wildman–Crippen LogP) is 5.06. The van der Waals surface area contributed by atoms with E-state index in [1.165, 1.54) is 47.0 Å². The van der Waals surface area contributed by atoms with E-state index in [-0.39, 0.29) is 34.7 Å². The van der Waals surface area contributed by atoms with E-state index in [1.54, 1.807) is 24.4 Å². The van der Waals surface area contributed by atoms with Gasteiger partial charge in [0.2, 0.25) is 11.8 Å². The molecule has 0 aliphatic carbocycles.